The third kappa shape index (κ3) is 8.03. The second-order valence-electron chi connectivity index (χ2n) is 10.1. The first-order chi connectivity index (χ1) is 16.0. The van der Waals surface area contributed by atoms with Crippen LogP contribution < -0.4 is 4.74 Å². The molecule has 1 aromatic rings. The van der Waals surface area contributed by atoms with Gasteiger partial charge in [-0.2, -0.15) is 8.78 Å². The molecule has 0 bridgehead atoms. The molecule has 0 atom stereocenters. The molecule has 5 heteroatoms. The van der Waals surface area contributed by atoms with Gasteiger partial charge in [-0.25, -0.2) is 8.78 Å². The average Bonchev–Trinajstić information content (AvgIpc) is 2.81. The predicted octanol–water partition coefficient (Wildman–Crippen LogP) is 9.56. The first kappa shape index (κ1) is 26.1. The van der Waals surface area contributed by atoms with Crippen LogP contribution in [0.2, 0.25) is 0 Å². The van der Waals surface area contributed by atoms with Gasteiger partial charge in [0.15, 0.2) is 17.4 Å². The quantitative estimate of drug-likeness (QED) is 0.178. The Hall–Kier alpha value is -1.52. The lowest BCUT2D eigenvalue weighted by Crippen LogP contribution is -2.25. The molecule has 0 N–H and O–H groups in total. The van der Waals surface area contributed by atoms with Gasteiger partial charge in [0, 0.05) is 0 Å². The number of halogens is 4. The molecule has 0 aromatic heterocycles. The van der Waals surface area contributed by atoms with Crippen LogP contribution in [0.5, 0.6) is 5.75 Å². The molecular weight excluding hydrogens is 428 g/mol. The molecule has 33 heavy (non-hydrogen) atoms. The Kier molecular flexibility index (Phi) is 10.6. The topological polar surface area (TPSA) is 9.23 Å². The van der Waals surface area contributed by atoms with E-state index in [4.69, 9.17) is 0 Å². The standard InChI is InChI=1S/C28H40F4O/c1-2-3-4-5-6-7-8-9-20-10-12-21(13-11-20)22-14-16-23(17-15-22)24-18-25(29)27(26(30)19-24)33-28(31)32/h4-5,18-23,28H,2-3,6-17H2,1H3. The monoisotopic (exact) mass is 468 g/mol. The van der Waals surface area contributed by atoms with Crippen LogP contribution in [-0.4, -0.2) is 6.61 Å². The minimum absolute atomic E-state index is 0.0913. The Bertz CT molecular complexity index is 708. The zero-order valence-corrected chi connectivity index (χ0v) is 20.0. The molecular formula is C28H40F4O. The van der Waals surface area contributed by atoms with E-state index in [1.54, 1.807) is 0 Å². The van der Waals surface area contributed by atoms with Crippen LogP contribution in [0.25, 0.3) is 0 Å². The fraction of sp³-hybridized carbons (Fsp3) is 0.714. The lowest BCUT2D eigenvalue weighted by molar-refractivity contribution is -0.0546. The summed E-state index contributed by atoms with van der Waals surface area (Å²) in [7, 11) is 0. The highest BCUT2D eigenvalue weighted by Crippen LogP contribution is 2.45. The van der Waals surface area contributed by atoms with Crippen LogP contribution in [0.1, 0.15) is 108 Å². The molecule has 2 aliphatic carbocycles. The van der Waals surface area contributed by atoms with Gasteiger partial charge < -0.3 is 4.74 Å². The Morgan fingerprint density at radius 3 is 2.00 bits per heavy atom. The van der Waals surface area contributed by atoms with Crippen LogP contribution in [0.15, 0.2) is 24.3 Å². The van der Waals surface area contributed by atoms with E-state index >= 15 is 0 Å². The number of hydrogen-bond acceptors (Lipinski definition) is 1. The minimum atomic E-state index is -3.24. The summed E-state index contributed by atoms with van der Waals surface area (Å²) in [5.74, 6) is -0.584. The summed E-state index contributed by atoms with van der Waals surface area (Å²) >= 11 is 0. The molecule has 3 rings (SSSR count). The van der Waals surface area contributed by atoms with Crippen molar-refractivity contribution in [3.05, 3.63) is 41.5 Å². The highest BCUT2D eigenvalue weighted by molar-refractivity contribution is 5.33. The van der Waals surface area contributed by atoms with Gasteiger partial charge in [-0.1, -0.05) is 51.2 Å². The molecule has 2 saturated carbocycles. The summed E-state index contributed by atoms with van der Waals surface area (Å²) in [5, 5.41) is 0. The van der Waals surface area contributed by atoms with Crippen molar-refractivity contribution in [2.45, 2.75) is 109 Å². The van der Waals surface area contributed by atoms with E-state index in [1.807, 2.05) is 0 Å². The Labute approximate surface area is 197 Å². The highest BCUT2D eigenvalue weighted by atomic mass is 19.3. The summed E-state index contributed by atoms with van der Waals surface area (Å²) in [6.07, 6.45) is 21.6. The van der Waals surface area contributed by atoms with E-state index < -0.39 is 24.0 Å². The Morgan fingerprint density at radius 1 is 0.848 bits per heavy atom. The van der Waals surface area contributed by atoms with E-state index in [2.05, 4.69) is 23.8 Å². The van der Waals surface area contributed by atoms with Gasteiger partial charge in [0.2, 0.25) is 0 Å². The number of hydrogen-bond donors (Lipinski definition) is 0. The van der Waals surface area contributed by atoms with Crippen molar-refractivity contribution in [2.75, 3.05) is 0 Å². The fourth-order valence-corrected chi connectivity index (χ4v) is 5.99. The van der Waals surface area contributed by atoms with Crippen LogP contribution >= 0.6 is 0 Å². The van der Waals surface area contributed by atoms with E-state index in [1.165, 1.54) is 76.3 Å². The number of allylic oxidation sites excluding steroid dienone is 2. The molecule has 0 unspecified atom stereocenters. The molecule has 0 radical (unpaired) electrons. The zero-order chi connectivity index (χ0) is 23.6. The third-order valence-corrected chi connectivity index (χ3v) is 7.88. The van der Waals surface area contributed by atoms with Gasteiger partial charge in [-0.05, 0) is 99.2 Å². The normalized spacial score (nSPS) is 26.2. The maximum absolute atomic E-state index is 14.1. The minimum Gasteiger partial charge on any atom is -0.429 e. The van der Waals surface area contributed by atoms with Crippen molar-refractivity contribution < 1.29 is 22.3 Å². The summed E-state index contributed by atoms with van der Waals surface area (Å²) in [4.78, 5) is 0. The van der Waals surface area contributed by atoms with Gasteiger partial charge in [-0.3, -0.25) is 0 Å². The number of alkyl halides is 2. The molecule has 0 saturated heterocycles. The lowest BCUT2D eigenvalue weighted by Gasteiger charge is -2.38. The van der Waals surface area contributed by atoms with Gasteiger partial charge >= 0.3 is 6.61 Å². The molecule has 186 valence electrons. The van der Waals surface area contributed by atoms with Gasteiger partial charge in [0.1, 0.15) is 0 Å². The summed E-state index contributed by atoms with van der Waals surface area (Å²) in [5.41, 5.74) is 0.568. The van der Waals surface area contributed by atoms with E-state index in [0.717, 1.165) is 37.5 Å². The van der Waals surface area contributed by atoms with E-state index in [-0.39, 0.29) is 5.92 Å². The zero-order valence-electron chi connectivity index (χ0n) is 20.0. The molecule has 0 aliphatic heterocycles. The van der Waals surface area contributed by atoms with Gasteiger partial charge in [0.25, 0.3) is 0 Å². The van der Waals surface area contributed by atoms with Gasteiger partial charge in [0.05, 0.1) is 0 Å². The number of unbranched alkanes of at least 4 members (excludes halogenated alkanes) is 3. The SMILES string of the molecule is CCCC=CCCCCC1CCC(C2CCC(c3cc(F)c(OC(F)F)c(F)c3)CC2)CC1. The molecule has 2 fully saturated rings. The lowest BCUT2D eigenvalue weighted by atomic mass is 9.68. The van der Waals surface area contributed by atoms with Crippen molar-refractivity contribution in [1.29, 1.82) is 0 Å². The third-order valence-electron chi connectivity index (χ3n) is 7.88. The smallest absolute Gasteiger partial charge is 0.387 e. The largest absolute Gasteiger partial charge is 0.429 e. The maximum atomic E-state index is 14.1. The van der Waals surface area contributed by atoms with Crippen molar-refractivity contribution >= 4 is 0 Å². The Balaban J connectivity index is 1.38. The molecule has 1 aromatic carbocycles. The van der Waals surface area contributed by atoms with E-state index in [9.17, 15) is 17.6 Å². The Morgan fingerprint density at radius 2 is 1.42 bits per heavy atom. The molecule has 0 amide bonds. The first-order valence-electron chi connectivity index (χ1n) is 13.1. The average molecular weight is 469 g/mol. The fourth-order valence-electron chi connectivity index (χ4n) is 5.99. The van der Waals surface area contributed by atoms with Crippen molar-refractivity contribution in [3.8, 4) is 5.75 Å². The molecule has 0 spiro atoms. The summed E-state index contributed by atoms with van der Waals surface area (Å²) in [6.45, 7) is -1.03. The van der Waals surface area contributed by atoms with Crippen LogP contribution in [0, 0.1) is 29.4 Å². The van der Waals surface area contributed by atoms with Crippen molar-refractivity contribution in [3.63, 3.8) is 0 Å². The van der Waals surface area contributed by atoms with Crippen LogP contribution in [0.4, 0.5) is 17.6 Å². The molecule has 2 aliphatic rings. The first-order valence-corrected chi connectivity index (χ1v) is 13.1. The number of benzene rings is 1. The predicted molar refractivity (Wildman–Crippen MR) is 126 cm³/mol. The highest BCUT2D eigenvalue weighted by Gasteiger charge is 2.32. The number of rotatable bonds is 11. The van der Waals surface area contributed by atoms with Crippen LogP contribution in [0.3, 0.4) is 0 Å². The van der Waals surface area contributed by atoms with Crippen LogP contribution in [-0.2, 0) is 0 Å². The summed E-state index contributed by atoms with van der Waals surface area (Å²) < 4.78 is 56.9. The van der Waals surface area contributed by atoms with Crippen molar-refractivity contribution in [2.24, 2.45) is 17.8 Å². The second-order valence-corrected chi connectivity index (χ2v) is 10.1. The number of ether oxygens (including phenoxy) is 1. The molecule has 1 nitrogen and oxygen atoms in total. The van der Waals surface area contributed by atoms with Gasteiger partial charge in [-0.15, -0.1) is 0 Å². The second kappa shape index (κ2) is 13.4. The maximum Gasteiger partial charge on any atom is 0.387 e. The molecule has 0 heterocycles. The summed E-state index contributed by atoms with van der Waals surface area (Å²) in [6, 6.07) is 2.35. The van der Waals surface area contributed by atoms with E-state index in [0.29, 0.717) is 11.5 Å². The van der Waals surface area contributed by atoms with Crippen molar-refractivity contribution in [1.82, 2.24) is 0 Å².